The summed E-state index contributed by atoms with van der Waals surface area (Å²) in [6.07, 6.45) is 0. The molecule has 0 amide bonds. The van der Waals surface area contributed by atoms with Crippen molar-refractivity contribution < 1.29 is 9.53 Å². The number of aromatic nitrogens is 1. The van der Waals surface area contributed by atoms with Crippen molar-refractivity contribution in [2.45, 2.75) is 19.9 Å². The third-order valence-electron chi connectivity index (χ3n) is 2.41. The second kappa shape index (κ2) is 4.83. The molecule has 5 nitrogen and oxygen atoms in total. The monoisotopic (exact) mass is 223 g/mol. The summed E-state index contributed by atoms with van der Waals surface area (Å²) in [5.41, 5.74) is 6.62. The van der Waals surface area contributed by atoms with Crippen LogP contribution in [-0.4, -0.2) is 31.2 Å². The van der Waals surface area contributed by atoms with Crippen LogP contribution in [0.1, 0.15) is 24.3 Å². The molecular formula is C11H17N3O2. The van der Waals surface area contributed by atoms with E-state index in [1.165, 1.54) is 7.11 Å². The van der Waals surface area contributed by atoms with Crippen molar-refractivity contribution in [1.82, 2.24) is 4.98 Å². The molecular weight excluding hydrogens is 206 g/mol. The van der Waals surface area contributed by atoms with E-state index in [9.17, 15) is 4.79 Å². The Bertz CT molecular complexity index is 391. The minimum absolute atomic E-state index is 0.252. The fraction of sp³-hybridized carbons (Fsp3) is 0.455. The molecule has 2 N–H and O–H groups in total. The summed E-state index contributed by atoms with van der Waals surface area (Å²) in [5, 5.41) is 0. The van der Waals surface area contributed by atoms with Gasteiger partial charge < -0.3 is 15.4 Å². The van der Waals surface area contributed by atoms with E-state index in [0.717, 1.165) is 0 Å². The first-order chi connectivity index (χ1) is 7.47. The molecule has 0 radical (unpaired) electrons. The lowest BCUT2D eigenvalue weighted by Crippen LogP contribution is -2.28. The van der Waals surface area contributed by atoms with Crippen LogP contribution in [-0.2, 0) is 4.74 Å². The number of hydrogen-bond acceptors (Lipinski definition) is 5. The van der Waals surface area contributed by atoms with E-state index in [0.29, 0.717) is 11.5 Å². The van der Waals surface area contributed by atoms with Crippen molar-refractivity contribution in [3.05, 3.63) is 17.8 Å². The Labute approximate surface area is 95.2 Å². The van der Waals surface area contributed by atoms with Crippen LogP contribution >= 0.6 is 0 Å². The largest absolute Gasteiger partial charge is 0.464 e. The number of ether oxygens (including phenoxy) is 1. The first-order valence-electron chi connectivity index (χ1n) is 5.05. The molecule has 0 bridgehead atoms. The Hall–Kier alpha value is -1.78. The number of methoxy groups -OCH3 is 1. The molecule has 0 unspecified atom stereocenters. The Balaban J connectivity index is 3.13. The molecule has 16 heavy (non-hydrogen) atoms. The summed E-state index contributed by atoms with van der Waals surface area (Å²) in [5.74, 6) is 0.135. The average Bonchev–Trinajstić information content (AvgIpc) is 2.27. The Kier molecular flexibility index (Phi) is 3.71. The molecule has 0 aromatic carbocycles. The first-order valence-corrected chi connectivity index (χ1v) is 5.05. The number of nitrogens with two attached hydrogens (primary N) is 1. The number of hydrogen-bond donors (Lipinski definition) is 1. The maximum absolute atomic E-state index is 11.3. The SMILES string of the molecule is COC(=O)c1ccc(N)c(N(C)C(C)C)n1. The van der Waals surface area contributed by atoms with Crippen LogP contribution in [0.4, 0.5) is 11.5 Å². The van der Waals surface area contributed by atoms with Crippen LogP contribution in [0.25, 0.3) is 0 Å². The summed E-state index contributed by atoms with van der Waals surface area (Å²) in [7, 11) is 3.20. The number of carbonyl (C=O) groups is 1. The highest BCUT2D eigenvalue weighted by molar-refractivity contribution is 5.88. The van der Waals surface area contributed by atoms with Gasteiger partial charge in [-0.2, -0.15) is 0 Å². The van der Waals surface area contributed by atoms with Crippen LogP contribution in [0.15, 0.2) is 12.1 Å². The van der Waals surface area contributed by atoms with Crippen LogP contribution in [0.2, 0.25) is 0 Å². The smallest absolute Gasteiger partial charge is 0.356 e. The van der Waals surface area contributed by atoms with Crippen molar-refractivity contribution in [3.8, 4) is 0 Å². The van der Waals surface area contributed by atoms with Gasteiger partial charge in [-0.1, -0.05) is 0 Å². The maximum atomic E-state index is 11.3. The van der Waals surface area contributed by atoms with E-state index >= 15 is 0 Å². The fourth-order valence-corrected chi connectivity index (χ4v) is 1.20. The van der Waals surface area contributed by atoms with E-state index in [4.69, 9.17) is 5.73 Å². The molecule has 88 valence electrons. The van der Waals surface area contributed by atoms with Gasteiger partial charge in [-0.15, -0.1) is 0 Å². The Morgan fingerprint density at radius 3 is 2.62 bits per heavy atom. The predicted octanol–water partition coefficient (Wildman–Crippen LogP) is 1.29. The summed E-state index contributed by atoms with van der Waals surface area (Å²) < 4.78 is 4.61. The maximum Gasteiger partial charge on any atom is 0.356 e. The van der Waals surface area contributed by atoms with Gasteiger partial charge in [0.1, 0.15) is 0 Å². The molecule has 1 rings (SSSR count). The summed E-state index contributed by atoms with van der Waals surface area (Å²) in [6, 6.07) is 3.47. The summed E-state index contributed by atoms with van der Waals surface area (Å²) in [4.78, 5) is 17.4. The van der Waals surface area contributed by atoms with Crippen LogP contribution in [0, 0.1) is 0 Å². The van der Waals surface area contributed by atoms with Crippen molar-refractivity contribution in [2.75, 3.05) is 24.8 Å². The number of rotatable bonds is 3. The van der Waals surface area contributed by atoms with E-state index in [1.807, 2.05) is 25.8 Å². The van der Waals surface area contributed by atoms with Gasteiger partial charge in [0.05, 0.1) is 12.8 Å². The lowest BCUT2D eigenvalue weighted by atomic mass is 10.2. The lowest BCUT2D eigenvalue weighted by molar-refractivity contribution is 0.0594. The number of esters is 1. The third kappa shape index (κ3) is 2.42. The quantitative estimate of drug-likeness (QED) is 0.782. The van der Waals surface area contributed by atoms with Crippen LogP contribution in [0.3, 0.4) is 0 Å². The second-order valence-corrected chi connectivity index (χ2v) is 3.81. The van der Waals surface area contributed by atoms with Gasteiger partial charge in [0, 0.05) is 13.1 Å². The molecule has 0 fully saturated rings. The zero-order chi connectivity index (χ0) is 12.3. The van der Waals surface area contributed by atoms with Crippen molar-refractivity contribution in [2.24, 2.45) is 0 Å². The van der Waals surface area contributed by atoms with Crippen LogP contribution < -0.4 is 10.6 Å². The standard InChI is InChI=1S/C11H17N3O2/c1-7(2)14(3)10-8(12)5-6-9(13-10)11(15)16-4/h5-7H,12H2,1-4H3. The zero-order valence-electron chi connectivity index (χ0n) is 10.0. The van der Waals surface area contributed by atoms with E-state index < -0.39 is 5.97 Å². The fourth-order valence-electron chi connectivity index (χ4n) is 1.20. The number of anilines is 2. The molecule has 0 aliphatic heterocycles. The minimum atomic E-state index is -0.460. The normalized spacial score (nSPS) is 10.3. The van der Waals surface area contributed by atoms with Gasteiger partial charge in [-0.3, -0.25) is 0 Å². The van der Waals surface area contributed by atoms with E-state index in [-0.39, 0.29) is 11.7 Å². The third-order valence-corrected chi connectivity index (χ3v) is 2.41. The molecule has 1 heterocycles. The zero-order valence-corrected chi connectivity index (χ0v) is 10.0. The lowest BCUT2D eigenvalue weighted by Gasteiger charge is -2.24. The molecule has 5 heteroatoms. The van der Waals surface area contributed by atoms with Crippen molar-refractivity contribution in [1.29, 1.82) is 0 Å². The molecule has 0 aliphatic carbocycles. The minimum Gasteiger partial charge on any atom is -0.464 e. The average molecular weight is 223 g/mol. The van der Waals surface area contributed by atoms with Gasteiger partial charge in [-0.25, -0.2) is 9.78 Å². The van der Waals surface area contributed by atoms with E-state index in [1.54, 1.807) is 12.1 Å². The van der Waals surface area contributed by atoms with Gasteiger partial charge in [0.25, 0.3) is 0 Å². The second-order valence-electron chi connectivity index (χ2n) is 3.81. The van der Waals surface area contributed by atoms with Crippen LogP contribution in [0.5, 0.6) is 0 Å². The predicted molar refractivity (Wildman–Crippen MR) is 63.5 cm³/mol. The van der Waals surface area contributed by atoms with Gasteiger partial charge in [0.15, 0.2) is 11.5 Å². The highest BCUT2D eigenvalue weighted by Gasteiger charge is 2.14. The molecule has 0 aliphatic rings. The summed E-state index contributed by atoms with van der Waals surface area (Å²) >= 11 is 0. The molecule has 1 aromatic heterocycles. The topological polar surface area (TPSA) is 68.5 Å². The number of pyridine rings is 1. The number of nitrogens with zero attached hydrogens (tertiary/aromatic N) is 2. The van der Waals surface area contributed by atoms with Gasteiger partial charge >= 0.3 is 5.97 Å². The van der Waals surface area contributed by atoms with Crippen molar-refractivity contribution >= 4 is 17.5 Å². The summed E-state index contributed by atoms with van der Waals surface area (Å²) in [6.45, 7) is 4.04. The number of carbonyl (C=O) groups excluding carboxylic acids is 1. The van der Waals surface area contributed by atoms with Gasteiger partial charge in [0.2, 0.25) is 0 Å². The van der Waals surface area contributed by atoms with Crippen molar-refractivity contribution in [3.63, 3.8) is 0 Å². The Morgan fingerprint density at radius 1 is 1.50 bits per heavy atom. The molecule has 0 atom stereocenters. The van der Waals surface area contributed by atoms with Gasteiger partial charge in [-0.05, 0) is 26.0 Å². The Morgan fingerprint density at radius 2 is 2.12 bits per heavy atom. The molecule has 0 saturated carbocycles. The molecule has 0 saturated heterocycles. The molecule has 0 spiro atoms. The first kappa shape index (κ1) is 12.3. The highest BCUT2D eigenvalue weighted by Crippen LogP contribution is 2.21. The molecule has 1 aromatic rings. The van der Waals surface area contributed by atoms with E-state index in [2.05, 4.69) is 9.72 Å². The number of nitrogen functional groups attached to an aromatic ring is 1. The highest BCUT2D eigenvalue weighted by atomic mass is 16.5.